The minimum atomic E-state index is -0.353. The van der Waals surface area contributed by atoms with Crippen molar-refractivity contribution in [3.8, 4) is 0 Å². The Balaban J connectivity index is 2.33. The lowest BCUT2D eigenvalue weighted by molar-refractivity contribution is -0.124. The molecule has 0 bridgehead atoms. The van der Waals surface area contributed by atoms with Crippen molar-refractivity contribution in [2.24, 2.45) is 23.5 Å². The van der Waals surface area contributed by atoms with Crippen LogP contribution in [-0.2, 0) is 4.79 Å². The lowest BCUT2D eigenvalue weighted by Gasteiger charge is -2.23. The normalized spacial score (nSPS) is 19.4. The Bertz CT molecular complexity index is 314. The summed E-state index contributed by atoms with van der Waals surface area (Å²) < 4.78 is 0. The predicted molar refractivity (Wildman–Crippen MR) is 83.0 cm³/mol. The Morgan fingerprint density at radius 3 is 2.37 bits per heavy atom. The molecule has 1 aliphatic rings. The number of nitrogens with two attached hydrogens (primary N) is 1. The fraction of sp³-hybridized carbons (Fsp3) is 0.857. The van der Waals surface area contributed by atoms with Gasteiger partial charge in [-0.25, -0.2) is 0 Å². The van der Waals surface area contributed by atoms with E-state index in [4.69, 9.17) is 18.0 Å². The minimum Gasteiger partial charge on any atom is -0.393 e. The number of carbonyl (C=O) groups excluding carboxylic acids is 1. The van der Waals surface area contributed by atoms with E-state index in [0.717, 1.165) is 6.54 Å². The highest BCUT2D eigenvalue weighted by Gasteiger charge is 2.25. The summed E-state index contributed by atoms with van der Waals surface area (Å²) in [6.45, 7) is 10.2. The van der Waals surface area contributed by atoms with Crippen LogP contribution in [0, 0.1) is 17.8 Å². The monoisotopic (exact) mass is 285 g/mol. The van der Waals surface area contributed by atoms with Gasteiger partial charge in [0.2, 0.25) is 5.91 Å². The van der Waals surface area contributed by atoms with Crippen LogP contribution in [0.4, 0.5) is 0 Å². The van der Waals surface area contributed by atoms with E-state index in [-0.39, 0.29) is 17.7 Å². The van der Waals surface area contributed by atoms with Gasteiger partial charge in [-0.2, -0.15) is 0 Å². The Kier molecular flexibility index (Phi) is 6.72. The van der Waals surface area contributed by atoms with Gasteiger partial charge >= 0.3 is 0 Å². The van der Waals surface area contributed by atoms with Gasteiger partial charge < -0.3 is 16.0 Å². The Labute approximate surface area is 122 Å². The standard InChI is InChI=1S/C14H27N3OS/c1-10(2)12(13(15)19)14(18)16-8-11(3)9-17-6-4-5-7-17/h10-12H,4-9H2,1-3H3,(H2,15,19)(H,16,18). The summed E-state index contributed by atoms with van der Waals surface area (Å²) >= 11 is 4.97. The number of nitrogens with one attached hydrogen (secondary N) is 1. The molecule has 1 aliphatic heterocycles. The van der Waals surface area contributed by atoms with E-state index in [1.807, 2.05) is 13.8 Å². The molecule has 0 radical (unpaired) electrons. The Hall–Kier alpha value is -0.680. The number of likely N-dealkylation sites (tertiary alicyclic amines) is 1. The van der Waals surface area contributed by atoms with E-state index < -0.39 is 0 Å². The second-order valence-corrected chi connectivity index (χ2v) is 6.45. The number of carbonyl (C=O) groups is 1. The number of hydrogen-bond acceptors (Lipinski definition) is 3. The second kappa shape index (κ2) is 7.80. The van der Waals surface area contributed by atoms with Crippen LogP contribution in [-0.4, -0.2) is 42.0 Å². The molecular formula is C14H27N3OS. The van der Waals surface area contributed by atoms with Crippen LogP contribution >= 0.6 is 12.2 Å². The highest BCUT2D eigenvalue weighted by atomic mass is 32.1. The van der Waals surface area contributed by atoms with E-state index >= 15 is 0 Å². The van der Waals surface area contributed by atoms with Gasteiger partial charge in [0.15, 0.2) is 0 Å². The Morgan fingerprint density at radius 2 is 1.89 bits per heavy atom. The van der Waals surface area contributed by atoms with Gasteiger partial charge in [-0.3, -0.25) is 4.79 Å². The number of nitrogens with zero attached hydrogens (tertiary/aromatic N) is 1. The Morgan fingerprint density at radius 1 is 1.32 bits per heavy atom. The number of amides is 1. The third-order valence-corrected chi connectivity index (χ3v) is 3.90. The van der Waals surface area contributed by atoms with Gasteiger partial charge in [0.1, 0.15) is 0 Å². The first-order valence-corrected chi connectivity index (χ1v) is 7.62. The lowest BCUT2D eigenvalue weighted by Crippen LogP contribution is -2.43. The molecule has 110 valence electrons. The van der Waals surface area contributed by atoms with Crippen molar-refractivity contribution in [1.82, 2.24) is 10.2 Å². The maximum Gasteiger partial charge on any atom is 0.230 e. The van der Waals surface area contributed by atoms with Gasteiger partial charge in [0.05, 0.1) is 10.9 Å². The molecule has 0 aromatic heterocycles. The maximum atomic E-state index is 12.1. The molecule has 0 spiro atoms. The van der Waals surface area contributed by atoms with Crippen molar-refractivity contribution in [1.29, 1.82) is 0 Å². The molecule has 1 fully saturated rings. The molecule has 4 nitrogen and oxygen atoms in total. The van der Waals surface area contributed by atoms with E-state index in [0.29, 0.717) is 17.5 Å². The zero-order chi connectivity index (χ0) is 14.4. The van der Waals surface area contributed by atoms with Crippen LogP contribution in [0.1, 0.15) is 33.6 Å². The van der Waals surface area contributed by atoms with Crippen molar-refractivity contribution in [2.45, 2.75) is 33.6 Å². The van der Waals surface area contributed by atoms with Crippen LogP contribution in [0.25, 0.3) is 0 Å². The van der Waals surface area contributed by atoms with Crippen LogP contribution in [0.3, 0.4) is 0 Å². The average Bonchev–Trinajstić information content (AvgIpc) is 2.78. The van der Waals surface area contributed by atoms with Crippen LogP contribution in [0.15, 0.2) is 0 Å². The largest absolute Gasteiger partial charge is 0.393 e. The van der Waals surface area contributed by atoms with Crippen molar-refractivity contribution < 1.29 is 4.79 Å². The number of rotatable bonds is 7. The first kappa shape index (κ1) is 16.4. The van der Waals surface area contributed by atoms with E-state index in [1.165, 1.54) is 25.9 Å². The summed E-state index contributed by atoms with van der Waals surface area (Å²) in [5.74, 6) is 0.220. The smallest absolute Gasteiger partial charge is 0.230 e. The molecule has 2 unspecified atom stereocenters. The van der Waals surface area contributed by atoms with Gasteiger partial charge in [-0.1, -0.05) is 33.0 Å². The second-order valence-electron chi connectivity index (χ2n) is 5.98. The third kappa shape index (κ3) is 5.45. The van der Waals surface area contributed by atoms with E-state index in [1.54, 1.807) is 0 Å². The highest BCUT2D eigenvalue weighted by Crippen LogP contribution is 2.12. The number of hydrogen-bond donors (Lipinski definition) is 2. The molecule has 1 heterocycles. The first-order chi connectivity index (χ1) is 8.91. The summed E-state index contributed by atoms with van der Waals surface area (Å²) in [6.07, 6.45) is 2.60. The molecular weight excluding hydrogens is 258 g/mol. The first-order valence-electron chi connectivity index (χ1n) is 7.21. The average molecular weight is 285 g/mol. The lowest BCUT2D eigenvalue weighted by atomic mass is 9.95. The van der Waals surface area contributed by atoms with Crippen LogP contribution in [0.5, 0.6) is 0 Å². The summed E-state index contributed by atoms with van der Waals surface area (Å²) in [7, 11) is 0. The fourth-order valence-electron chi connectivity index (χ4n) is 2.62. The van der Waals surface area contributed by atoms with Crippen molar-refractivity contribution in [3.63, 3.8) is 0 Å². The van der Waals surface area contributed by atoms with Gasteiger partial charge in [0, 0.05) is 13.1 Å². The molecule has 2 atom stereocenters. The molecule has 1 rings (SSSR count). The molecule has 0 aromatic rings. The summed E-state index contributed by atoms with van der Waals surface area (Å²) in [5.41, 5.74) is 5.64. The van der Waals surface area contributed by atoms with Gasteiger partial charge in [-0.05, 0) is 37.8 Å². The summed E-state index contributed by atoms with van der Waals surface area (Å²) in [6, 6.07) is 0. The molecule has 0 aliphatic carbocycles. The predicted octanol–water partition coefficient (Wildman–Crippen LogP) is 1.39. The molecule has 1 saturated heterocycles. The highest BCUT2D eigenvalue weighted by molar-refractivity contribution is 7.80. The zero-order valence-electron chi connectivity index (χ0n) is 12.3. The zero-order valence-corrected chi connectivity index (χ0v) is 13.1. The number of thiocarbonyl (C=S) groups is 1. The van der Waals surface area contributed by atoms with Gasteiger partial charge in [-0.15, -0.1) is 0 Å². The van der Waals surface area contributed by atoms with Crippen molar-refractivity contribution in [2.75, 3.05) is 26.2 Å². The van der Waals surface area contributed by atoms with Gasteiger partial charge in [0.25, 0.3) is 0 Å². The van der Waals surface area contributed by atoms with Crippen molar-refractivity contribution >= 4 is 23.1 Å². The molecule has 19 heavy (non-hydrogen) atoms. The molecule has 3 N–H and O–H groups in total. The van der Waals surface area contributed by atoms with E-state index in [2.05, 4.69) is 17.1 Å². The summed E-state index contributed by atoms with van der Waals surface area (Å²) in [4.78, 5) is 14.8. The van der Waals surface area contributed by atoms with Crippen LogP contribution < -0.4 is 11.1 Å². The fourth-order valence-corrected chi connectivity index (χ4v) is 2.99. The van der Waals surface area contributed by atoms with E-state index in [9.17, 15) is 4.79 Å². The molecule has 0 saturated carbocycles. The minimum absolute atomic E-state index is 0.0317. The molecule has 5 heteroatoms. The van der Waals surface area contributed by atoms with Crippen molar-refractivity contribution in [3.05, 3.63) is 0 Å². The molecule has 1 amide bonds. The third-order valence-electron chi connectivity index (χ3n) is 3.65. The summed E-state index contributed by atoms with van der Waals surface area (Å²) in [5, 5.41) is 2.99. The SMILES string of the molecule is CC(CNC(=O)C(C(N)=S)C(C)C)CN1CCCC1. The molecule has 0 aromatic carbocycles. The maximum absolute atomic E-state index is 12.1. The van der Waals surface area contributed by atoms with Crippen LogP contribution in [0.2, 0.25) is 0 Å². The quantitative estimate of drug-likeness (QED) is 0.694. The topological polar surface area (TPSA) is 58.4 Å².